The Morgan fingerprint density at radius 3 is 2.17 bits per heavy atom. The number of amides is 1. The molecule has 0 saturated heterocycles. The SMILES string of the molecule is CCOCCCCOCCCC(=O)NC1CCC(C(C)=O)CC1. The highest BCUT2D eigenvalue weighted by Crippen LogP contribution is 2.24. The highest BCUT2D eigenvalue weighted by atomic mass is 16.5. The monoisotopic (exact) mass is 327 g/mol. The van der Waals surface area contributed by atoms with E-state index in [0.29, 0.717) is 13.0 Å². The number of ether oxygens (including phenoxy) is 2. The second-order valence-electron chi connectivity index (χ2n) is 6.35. The first-order chi connectivity index (χ1) is 11.1. The van der Waals surface area contributed by atoms with Gasteiger partial charge in [0, 0.05) is 44.8 Å². The first-order valence-corrected chi connectivity index (χ1v) is 9.08. The van der Waals surface area contributed by atoms with E-state index in [-0.39, 0.29) is 23.7 Å². The smallest absolute Gasteiger partial charge is 0.220 e. The molecule has 1 aliphatic carbocycles. The van der Waals surface area contributed by atoms with Gasteiger partial charge in [-0.25, -0.2) is 0 Å². The largest absolute Gasteiger partial charge is 0.382 e. The number of hydrogen-bond donors (Lipinski definition) is 1. The third-order valence-corrected chi connectivity index (χ3v) is 4.39. The standard InChI is InChI=1S/C18H33NO4/c1-3-22-12-4-5-13-23-14-6-7-18(21)19-17-10-8-16(9-11-17)15(2)20/h16-17H,3-14H2,1-2H3,(H,19,21). The van der Waals surface area contributed by atoms with Gasteiger partial charge < -0.3 is 14.8 Å². The highest BCUT2D eigenvalue weighted by Gasteiger charge is 2.24. The molecule has 0 aromatic carbocycles. The summed E-state index contributed by atoms with van der Waals surface area (Å²) in [6, 6.07) is 0.248. The minimum atomic E-state index is 0.108. The van der Waals surface area contributed by atoms with E-state index in [0.717, 1.165) is 64.8 Å². The number of Topliss-reactive ketones (excluding diaryl/α,β-unsaturated/α-hetero) is 1. The van der Waals surface area contributed by atoms with E-state index < -0.39 is 0 Å². The van der Waals surface area contributed by atoms with Gasteiger partial charge in [-0.1, -0.05) is 0 Å². The Labute approximate surface area is 140 Å². The lowest BCUT2D eigenvalue weighted by molar-refractivity contribution is -0.122. The molecule has 1 saturated carbocycles. The van der Waals surface area contributed by atoms with E-state index in [1.165, 1.54) is 0 Å². The number of rotatable bonds is 12. The summed E-state index contributed by atoms with van der Waals surface area (Å²) in [5.74, 6) is 0.601. The molecule has 0 aromatic heterocycles. The summed E-state index contributed by atoms with van der Waals surface area (Å²) in [5.41, 5.74) is 0. The van der Waals surface area contributed by atoms with Crippen molar-refractivity contribution in [2.45, 2.75) is 71.3 Å². The molecule has 0 aromatic rings. The number of carbonyl (C=O) groups is 2. The second kappa shape index (κ2) is 12.5. The lowest BCUT2D eigenvalue weighted by atomic mass is 9.84. The fraction of sp³-hybridized carbons (Fsp3) is 0.889. The number of unbranched alkanes of at least 4 members (excludes halogenated alkanes) is 1. The van der Waals surface area contributed by atoms with Crippen molar-refractivity contribution in [1.29, 1.82) is 0 Å². The predicted octanol–water partition coefficient (Wildman–Crippen LogP) is 2.86. The van der Waals surface area contributed by atoms with Gasteiger partial charge in [-0.15, -0.1) is 0 Å². The third kappa shape index (κ3) is 9.72. The van der Waals surface area contributed by atoms with Gasteiger partial charge in [0.25, 0.3) is 0 Å². The zero-order valence-corrected chi connectivity index (χ0v) is 14.8. The van der Waals surface area contributed by atoms with Crippen LogP contribution in [0.15, 0.2) is 0 Å². The van der Waals surface area contributed by atoms with Crippen molar-refractivity contribution >= 4 is 11.7 Å². The molecule has 0 bridgehead atoms. The topological polar surface area (TPSA) is 64.6 Å². The van der Waals surface area contributed by atoms with E-state index in [1.54, 1.807) is 6.92 Å². The average molecular weight is 327 g/mol. The first kappa shape index (κ1) is 20.1. The molecule has 0 radical (unpaired) electrons. The maximum Gasteiger partial charge on any atom is 0.220 e. The Morgan fingerprint density at radius 1 is 0.957 bits per heavy atom. The Hall–Kier alpha value is -0.940. The Bertz CT molecular complexity index is 338. The fourth-order valence-corrected chi connectivity index (χ4v) is 2.93. The summed E-state index contributed by atoms with van der Waals surface area (Å²) in [5, 5.41) is 3.08. The maximum absolute atomic E-state index is 11.9. The Morgan fingerprint density at radius 2 is 1.57 bits per heavy atom. The lowest BCUT2D eigenvalue weighted by Crippen LogP contribution is -2.38. The number of ketones is 1. The van der Waals surface area contributed by atoms with Gasteiger partial charge in [0.2, 0.25) is 5.91 Å². The minimum Gasteiger partial charge on any atom is -0.382 e. The molecule has 0 aliphatic heterocycles. The van der Waals surface area contributed by atoms with Gasteiger partial charge in [0.15, 0.2) is 0 Å². The van der Waals surface area contributed by atoms with Crippen LogP contribution in [0.1, 0.15) is 65.2 Å². The summed E-state index contributed by atoms with van der Waals surface area (Å²) in [4.78, 5) is 23.2. The number of hydrogen-bond acceptors (Lipinski definition) is 4. The van der Waals surface area contributed by atoms with E-state index in [2.05, 4.69) is 5.32 Å². The second-order valence-corrected chi connectivity index (χ2v) is 6.35. The third-order valence-electron chi connectivity index (χ3n) is 4.39. The summed E-state index contributed by atoms with van der Waals surface area (Å²) < 4.78 is 10.8. The van der Waals surface area contributed by atoms with Gasteiger partial charge in [-0.05, 0) is 58.8 Å². The van der Waals surface area contributed by atoms with Crippen LogP contribution in [0.2, 0.25) is 0 Å². The molecule has 1 rings (SSSR count). The molecule has 1 fully saturated rings. The van der Waals surface area contributed by atoms with Gasteiger partial charge >= 0.3 is 0 Å². The van der Waals surface area contributed by atoms with Crippen LogP contribution in [0.4, 0.5) is 0 Å². The quantitative estimate of drug-likeness (QED) is 0.560. The van der Waals surface area contributed by atoms with Crippen LogP contribution in [0.3, 0.4) is 0 Å². The molecule has 1 N–H and O–H groups in total. The summed E-state index contributed by atoms with van der Waals surface area (Å²) >= 11 is 0. The first-order valence-electron chi connectivity index (χ1n) is 9.08. The van der Waals surface area contributed by atoms with Crippen LogP contribution in [0.5, 0.6) is 0 Å². The molecule has 1 amide bonds. The van der Waals surface area contributed by atoms with Crippen LogP contribution < -0.4 is 5.32 Å². The van der Waals surface area contributed by atoms with Gasteiger partial charge in [-0.3, -0.25) is 9.59 Å². The molecule has 0 unspecified atom stereocenters. The van der Waals surface area contributed by atoms with Gasteiger partial charge in [-0.2, -0.15) is 0 Å². The zero-order chi connectivity index (χ0) is 16.9. The van der Waals surface area contributed by atoms with E-state index in [9.17, 15) is 9.59 Å². The Kier molecular flexibility index (Phi) is 10.9. The normalized spacial score (nSPS) is 21.1. The van der Waals surface area contributed by atoms with Crippen LogP contribution in [0.25, 0.3) is 0 Å². The van der Waals surface area contributed by atoms with Crippen molar-refractivity contribution in [3.8, 4) is 0 Å². The molecule has 0 spiro atoms. The van der Waals surface area contributed by atoms with Crippen LogP contribution in [-0.2, 0) is 19.1 Å². The van der Waals surface area contributed by atoms with Crippen LogP contribution >= 0.6 is 0 Å². The van der Waals surface area contributed by atoms with Crippen molar-refractivity contribution in [3.63, 3.8) is 0 Å². The predicted molar refractivity (Wildman–Crippen MR) is 90.3 cm³/mol. The van der Waals surface area contributed by atoms with E-state index in [1.807, 2.05) is 6.92 Å². The molecule has 23 heavy (non-hydrogen) atoms. The molecule has 5 nitrogen and oxygen atoms in total. The molecular formula is C18H33NO4. The number of nitrogens with one attached hydrogen (secondary N) is 1. The van der Waals surface area contributed by atoms with Crippen molar-refractivity contribution in [1.82, 2.24) is 5.32 Å². The highest BCUT2D eigenvalue weighted by molar-refractivity contribution is 5.78. The minimum absolute atomic E-state index is 0.108. The molecule has 134 valence electrons. The van der Waals surface area contributed by atoms with E-state index >= 15 is 0 Å². The van der Waals surface area contributed by atoms with Crippen molar-refractivity contribution in [2.24, 2.45) is 5.92 Å². The van der Waals surface area contributed by atoms with Crippen molar-refractivity contribution in [2.75, 3.05) is 26.4 Å². The Balaban J connectivity index is 1.94. The van der Waals surface area contributed by atoms with Crippen molar-refractivity contribution < 1.29 is 19.1 Å². The molecular weight excluding hydrogens is 294 g/mol. The molecule has 0 heterocycles. The van der Waals surface area contributed by atoms with Crippen LogP contribution in [-0.4, -0.2) is 44.2 Å². The van der Waals surface area contributed by atoms with Crippen LogP contribution in [0, 0.1) is 5.92 Å². The number of carbonyl (C=O) groups excluding carboxylic acids is 2. The molecule has 0 atom stereocenters. The maximum atomic E-state index is 11.9. The summed E-state index contributed by atoms with van der Waals surface area (Å²) in [7, 11) is 0. The van der Waals surface area contributed by atoms with Gasteiger partial charge in [0.05, 0.1) is 0 Å². The van der Waals surface area contributed by atoms with Gasteiger partial charge in [0.1, 0.15) is 5.78 Å². The van der Waals surface area contributed by atoms with E-state index in [4.69, 9.17) is 9.47 Å². The summed E-state index contributed by atoms with van der Waals surface area (Å²) in [6.07, 6.45) is 6.98. The molecule has 1 aliphatic rings. The lowest BCUT2D eigenvalue weighted by Gasteiger charge is -2.27. The van der Waals surface area contributed by atoms with Crippen molar-refractivity contribution in [3.05, 3.63) is 0 Å². The zero-order valence-electron chi connectivity index (χ0n) is 14.8. The average Bonchev–Trinajstić information content (AvgIpc) is 2.54. The fourth-order valence-electron chi connectivity index (χ4n) is 2.93. The summed E-state index contributed by atoms with van der Waals surface area (Å²) in [6.45, 7) is 6.61. The molecule has 5 heteroatoms.